The van der Waals surface area contributed by atoms with Crippen molar-refractivity contribution in [3.05, 3.63) is 71.5 Å². The van der Waals surface area contributed by atoms with E-state index in [4.69, 9.17) is 23.8 Å². The monoisotopic (exact) mass is 482 g/mol. The van der Waals surface area contributed by atoms with Gasteiger partial charge < -0.3 is 23.8 Å². The lowest BCUT2D eigenvalue weighted by atomic mass is 10.1. The summed E-state index contributed by atoms with van der Waals surface area (Å²) in [6.07, 6.45) is 1.77. The Kier molecular flexibility index (Phi) is 8.75. The predicted molar refractivity (Wildman–Crippen MR) is 131 cm³/mol. The summed E-state index contributed by atoms with van der Waals surface area (Å²) in [4.78, 5) is 23.1. The molecule has 0 fully saturated rings. The van der Waals surface area contributed by atoms with Gasteiger partial charge in [0.1, 0.15) is 5.75 Å². The first-order valence-corrected chi connectivity index (χ1v) is 11.3. The van der Waals surface area contributed by atoms with Crippen molar-refractivity contribution >= 4 is 23.4 Å². The van der Waals surface area contributed by atoms with Crippen LogP contribution in [0.15, 0.2) is 64.8 Å². The van der Waals surface area contributed by atoms with Crippen LogP contribution in [0.3, 0.4) is 0 Å². The molecule has 0 amide bonds. The molecule has 34 heavy (non-hydrogen) atoms. The van der Waals surface area contributed by atoms with Crippen molar-refractivity contribution in [2.24, 2.45) is 5.16 Å². The SMILES string of the molecule is COc1ccc(/C(C)=N/OC(=O)c2cc(OC)c(OC)c(OC)c2)cc1SCc1ccccn1. The Morgan fingerprint density at radius 2 is 1.59 bits per heavy atom. The molecule has 1 aromatic heterocycles. The number of hydrogen-bond acceptors (Lipinski definition) is 9. The average molecular weight is 483 g/mol. The summed E-state index contributed by atoms with van der Waals surface area (Å²) in [5, 5.41) is 4.03. The van der Waals surface area contributed by atoms with Crippen molar-refractivity contribution in [3.63, 3.8) is 0 Å². The Morgan fingerprint density at radius 1 is 0.882 bits per heavy atom. The van der Waals surface area contributed by atoms with Crippen LogP contribution in [0.25, 0.3) is 0 Å². The number of thioether (sulfide) groups is 1. The number of nitrogens with zero attached hydrogens (tertiary/aromatic N) is 2. The third-order valence-corrected chi connectivity index (χ3v) is 5.92. The summed E-state index contributed by atoms with van der Waals surface area (Å²) in [7, 11) is 6.06. The van der Waals surface area contributed by atoms with Gasteiger partial charge in [-0.3, -0.25) is 4.98 Å². The van der Waals surface area contributed by atoms with E-state index in [9.17, 15) is 4.79 Å². The molecule has 3 rings (SSSR count). The molecule has 0 N–H and O–H groups in total. The van der Waals surface area contributed by atoms with E-state index < -0.39 is 5.97 Å². The van der Waals surface area contributed by atoms with Gasteiger partial charge in [-0.05, 0) is 49.4 Å². The number of oxime groups is 1. The van der Waals surface area contributed by atoms with Gasteiger partial charge in [-0.1, -0.05) is 11.2 Å². The van der Waals surface area contributed by atoms with Crippen molar-refractivity contribution in [1.29, 1.82) is 0 Å². The molecule has 0 aliphatic carbocycles. The quantitative estimate of drug-likeness (QED) is 0.173. The standard InChI is InChI=1S/C25H26N2O6S/c1-16(27-33-25(28)18-12-21(30-3)24(32-5)22(13-18)31-4)17-9-10-20(29-2)23(14-17)34-15-19-8-6-7-11-26-19/h6-14H,15H2,1-5H3/b27-16+. The van der Waals surface area contributed by atoms with Crippen LogP contribution in [-0.2, 0) is 10.6 Å². The highest BCUT2D eigenvalue weighted by molar-refractivity contribution is 7.98. The fourth-order valence-electron chi connectivity index (χ4n) is 3.06. The molecule has 0 unspecified atom stereocenters. The second-order valence-corrected chi connectivity index (χ2v) is 7.96. The molecule has 0 saturated carbocycles. The van der Waals surface area contributed by atoms with E-state index in [1.165, 1.54) is 33.5 Å². The molecule has 0 radical (unpaired) electrons. The van der Waals surface area contributed by atoms with E-state index in [-0.39, 0.29) is 5.56 Å². The second kappa shape index (κ2) is 11.9. The highest BCUT2D eigenvalue weighted by Gasteiger charge is 2.18. The van der Waals surface area contributed by atoms with Crippen molar-refractivity contribution in [3.8, 4) is 23.0 Å². The highest BCUT2D eigenvalue weighted by Crippen LogP contribution is 2.38. The summed E-state index contributed by atoms with van der Waals surface area (Å²) in [5.74, 6) is 1.85. The average Bonchev–Trinajstić information content (AvgIpc) is 2.89. The van der Waals surface area contributed by atoms with Gasteiger partial charge in [-0.15, -0.1) is 11.8 Å². The molecule has 178 valence electrons. The third-order valence-electron chi connectivity index (χ3n) is 4.85. The van der Waals surface area contributed by atoms with Gasteiger partial charge in [0.15, 0.2) is 11.5 Å². The zero-order chi connectivity index (χ0) is 24.5. The number of carbonyl (C=O) groups is 1. The first-order chi connectivity index (χ1) is 16.5. The Hall–Kier alpha value is -3.72. The second-order valence-electron chi connectivity index (χ2n) is 6.94. The van der Waals surface area contributed by atoms with Crippen molar-refractivity contribution in [2.75, 3.05) is 28.4 Å². The molecule has 0 atom stereocenters. The number of ether oxygens (including phenoxy) is 4. The lowest BCUT2D eigenvalue weighted by Gasteiger charge is -2.13. The molecular formula is C25H26N2O6S. The highest BCUT2D eigenvalue weighted by atomic mass is 32.2. The van der Waals surface area contributed by atoms with Crippen molar-refractivity contribution in [2.45, 2.75) is 17.6 Å². The van der Waals surface area contributed by atoms with E-state index in [0.29, 0.717) is 28.7 Å². The number of carbonyl (C=O) groups excluding carboxylic acids is 1. The zero-order valence-electron chi connectivity index (χ0n) is 19.7. The summed E-state index contributed by atoms with van der Waals surface area (Å²) < 4.78 is 21.3. The smallest absolute Gasteiger partial charge is 0.366 e. The molecule has 0 saturated heterocycles. The Labute approximate surface area is 202 Å². The number of hydrogen-bond donors (Lipinski definition) is 0. The van der Waals surface area contributed by atoms with E-state index in [1.54, 1.807) is 32.0 Å². The maximum Gasteiger partial charge on any atom is 0.366 e. The van der Waals surface area contributed by atoms with E-state index >= 15 is 0 Å². The molecule has 0 spiro atoms. The van der Waals surface area contributed by atoms with Gasteiger partial charge in [0, 0.05) is 17.5 Å². The number of pyridine rings is 1. The first-order valence-electron chi connectivity index (χ1n) is 10.3. The summed E-state index contributed by atoms with van der Waals surface area (Å²) in [6.45, 7) is 1.76. The maximum atomic E-state index is 12.6. The Bertz CT molecular complexity index is 1140. The van der Waals surface area contributed by atoms with Gasteiger partial charge in [0.25, 0.3) is 0 Å². The topological polar surface area (TPSA) is 88.5 Å². The van der Waals surface area contributed by atoms with Gasteiger partial charge in [-0.25, -0.2) is 4.79 Å². The largest absolute Gasteiger partial charge is 0.496 e. The number of aromatic nitrogens is 1. The minimum Gasteiger partial charge on any atom is -0.496 e. The minimum absolute atomic E-state index is 0.215. The van der Waals surface area contributed by atoms with Crippen molar-refractivity contribution in [1.82, 2.24) is 4.98 Å². The third kappa shape index (κ3) is 5.99. The number of benzene rings is 2. The summed E-state index contributed by atoms with van der Waals surface area (Å²) in [6, 6.07) is 14.5. The van der Waals surface area contributed by atoms with Gasteiger partial charge in [0.05, 0.1) is 50.3 Å². The maximum absolute atomic E-state index is 12.6. The normalized spacial score (nSPS) is 11.0. The van der Waals surface area contributed by atoms with Crippen LogP contribution in [0.2, 0.25) is 0 Å². The fraction of sp³-hybridized carbons (Fsp3) is 0.240. The van der Waals surface area contributed by atoms with Crippen LogP contribution >= 0.6 is 11.8 Å². The molecule has 0 aliphatic heterocycles. The minimum atomic E-state index is -0.656. The molecule has 0 aliphatic rings. The number of rotatable bonds is 10. The van der Waals surface area contributed by atoms with Gasteiger partial charge in [0.2, 0.25) is 5.75 Å². The Morgan fingerprint density at radius 3 is 2.18 bits per heavy atom. The van der Waals surface area contributed by atoms with Crippen molar-refractivity contribution < 1.29 is 28.6 Å². The molecule has 3 aromatic rings. The molecule has 0 bridgehead atoms. The predicted octanol–water partition coefficient (Wildman–Crippen LogP) is 4.99. The van der Waals surface area contributed by atoms with Gasteiger partial charge in [-0.2, -0.15) is 0 Å². The Balaban J connectivity index is 1.77. The van der Waals surface area contributed by atoms with Crippen LogP contribution < -0.4 is 18.9 Å². The zero-order valence-corrected chi connectivity index (χ0v) is 20.5. The lowest BCUT2D eigenvalue weighted by Crippen LogP contribution is -2.06. The molecule has 8 nitrogen and oxygen atoms in total. The summed E-state index contributed by atoms with van der Waals surface area (Å²) in [5.41, 5.74) is 2.50. The summed E-state index contributed by atoms with van der Waals surface area (Å²) >= 11 is 1.60. The van der Waals surface area contributed by atoms with Crippen LogP contribution in [0.1, 0.15) is 28.5 Å². The van der Waals surface area contributed by atoms with Crippen LogP contribution in [-0.4, -0.2) is 45.1 Å². The lowest BCUT2D eigenvalue weighted by molar-refractivity contribution is 0.0515. The van der Waals surface area contributed by atoms with Gasteiger partial charge >= 0.3 is 5.97 Å². The molecule has 9 heteroatoms. The van der Waals surface area contributed by atoms with Crippen LogP contribution in [0.4, 0.5) is 0 Å². The van der Waals surface area contributed by atoms with Crippen LogP contribution in [0.5, 0.6) is 23.0 Å². The van der Waals surface area contributed by atoms with E-state index in [0.717, 1.165) is 21.9 Å². The van der Waals surface area contributed by atoms with E-state index in [1.807, 2.05) is 36.4 Å². The fourth-order valence-corrected chi connectivity index (χ4v) is 4.04. The molecule has 2 aromatic carbocycles. The molecule has 1 heterocycles. The first kappa shape index (κ1) is 24.9. The molecular weight excluding hydrogens is 456 g/mol. The van der Waals surface area contributed by atoms with E-state index in [2.05, 4.69) is 10.1 Å². The number of methoxy groups -OCH3 is 4. The van der Waals surface area contributed by atoms with Crippen LogP contribution in [0, 0.1) is 0 Å².